The zero-order valence-corrected chi connectivity index (χ0v) is 15.2. The first kappa shape index (κ1) is 16.8. The van der Waals surface area contributed by atoms with Crippen LogP contribution < -0.4 is 0 Å². The van der Waals surface area contributed by atoms with Crippen molar-refractivity contribution in [2.75, 3.05) is 13.6 Å². The Hall–Kier alpha value is -2.62. The van der Waals surface area contributed by atoms with Crippen molar-refractivity contribution in [2.24, 2.45) is 0 Å². The number of benzene rings is 2. The van der Waals surface area contributed by atoms with Gasteiger partial charge in [-0.05, 0) is 48.9 Å². The standard InChI is InChI=1S/C22H25N3O/c1-25(15-7-14-21-23-19-12-4-5-13-20(19)24-21)22(26)18-11-6-9-16-8-2-3-10-17(16)18/h2-5,8,10,12-13,18H,6-7,9,11,14-15H2,1H3,(H,23,24)/t18-/m1/s1. The van der Waals surface area contributed by atoms with E-state index in [1.165, 1.54) is 11.1 Å². The molecule has 0 saturated carbocycles. The number of nitrogens with zero attached hydrogens (tertiary/aromatic N) is 2. The molecule has 1 amide bonds. The van der Waals surface area contributed by atoms with E-state index in [2.05, 4.69) is 28.2 Å². The van der Waals surface area contributed by atoms with E-state index in [1.54, 1.807) is 0 Å². The minimum Gasteiger partial charge on any atom is -0.345 e. The highest BCUT2D eigenvalue weighted by molar-refractivity contribution is 5.84. The summed E-state index contributed by atoms with van der Waals surface area (Å²) in [6.45, 7) is 0.758. The minimum absolute atomic E-state index is 0.0242. The van der Waals surface area contributed by atoms with Gasteiger partial charge in [-0.2, -0.15) is 0 Å². The van der Waals surface area contributed by atoms with Gasteiger partial charge in [0.1, 0.15) is 5.82 Å². The number of imidazole rings is 1. The number of aromatic amines is 1. The van der Waals surface area contributed by atoms with Crippen molar-refractivity contribution < 1.29 is 4.79 Å². The van der Waals surface area contributed by atoms with E-state index in [0.717, 1.165) is 55.5 Å². The van der Waals surface area contributed by atoms with Gasteiger partial charge >= 0.3 is 0 Å². The van der Waals surface area contributed by atoms with Crippen molar-refractivity contribution in [1.29, 1.82) is 0 Å². The molecule has 1 aliphatic rings. The fourth-order valence-electron chi connectivity index (χ4n) is 3.99. The molecule has 4 nitrogen and oxygen atoms in total. The molecule has 1 atom stereocenters. The maximum absolute atomic E-state index is 12.9. The van der Waals surface area contributed by atoms with Crippen LogP contribution in [0, 0.1) is 0 Å². The zero-order chi connectivity index (χ0) is 17.9. The van der Waals surface area contributed by atoms with Crippen LogP contribution in [0.3, 0.4) is 0 Å². The Labute approximate surface area is 154 Å². The predicted octanol–water partition coefficient (Wildman–Crippen LogP) is 4.07. The number of carbonyl (C=O) groups is 1. The summed E-state index contributed by atoms with van der Waals surface area (Å²) in [5.41, 5.74) is 4.65. The number of hydrogen-bond acceptors (Lipinski definition) is 2. The average molecular weight is 347 g/mol. The van der Waals surface area contributed by atoms with Gasteiger partial charge in [-0.25, -0.2) is 4.98 Å². The van der Waals surface area contributed by atoms with E-state index < -0.39 is 0 Å². The second-order valence-corrected chi connectivity index (χ2v) is 7.21. The quantitative estimate of drug-likeness (QED) is 0.756. The van der Waals surface area contributed by atoms with Gasteiger partial charge in [-0.15, -0.1) is 0 Å². The molecule has 1 heterocycles. The van der Waals surface area contributed by atoms with Crippen molar-refractivity contribution in [2.45, 2.75) is 38.0 Å². The topological polar surface area (TPSA) is 49.0 Å². The Balaban J connectivity index is 1.36. The molecule has 0 aliphatic heterocycles. The highest BCUT2D eigenvalue weighted by Crippen LogP contribution is 2.32. The highest BCUT2D eigenvalue weighted by atomic mass is 16.2. The third kappa shape index (κ3) is 3.36. The van der Waals surface area contributed by atoms with E-state index in [9.17, 15) is 4.79 Å². The number of fused-ring (bicyclic) bond motifs is 2. The molecule has 0 bridgehead atoms. The lowest BCUT2D eigenvalue weighted by Crippen LogP contribution is -2.34. The van der Waals surface area contributed by atoms with Crippen molar-refractivity contribution >= 4 is 16.9 Å². The van der Waals surface area contributed by atoms with Crippen LogP contribution in [0.5, 0.6) is 0 Å². The molecule has 1 N–H and O–H groups in total. The summed E-state index contributed by atoms with van der Waals surface area (Å²) < 4.78 is 0. The number of nitrogens with one attached hydrogen (secondary N) is 1. The highest BCUT2D eigenvalue weighted by Gasteiger charge is 2.28. The third-order valence-electron chi connectivity index (χ3n) is 5.39. The monoisotopic (exact) mass is 347 g/mol. The summed E-state index contributed by atoms with van der Waals surface area (Å²) >= 11 is 0. The molecular weight excluding hydrogens is 322 g/mol. The SMILES string of the molecule is CN(CCCc1nc2ccccc2[nH]1)C(=O)[C@@H]1CCCc2ccccc21. The molecule has 1 aliphatic carbocycles. The van der Waals surface area contributed by atoms with Gasteiger partial charge in [-0.3, -0.25) is 4.79 Å². The van der Waals surface area contributed by atoms with Gasteiger partial charge < -0.3 is 9.88 Å². The molecule has 4 rings (SSSR count). The van der Waals surface area contributed by atoms with Crippen LogP contribution in [0.2, 0.25) is 0 Å². The fraction of sp³-hybridized carbons (Fsp3) is 0.364. The second kappa shape index (κ2) is 7.32. The summed E-state index contributed by atoms with van der Waals surface area (Å²) in [6, 6.07) is 16.5. The molecule has 1 aromatic heterocycles. The van der Waals surface area contributed by atoms with Gasteiger partial charge in [0, 0.05) is 20.0 Å². The summed E-state index contributed by atoms with van der Waals surface area (Å²) in [5.74, 6) is 1.27. The number of aromatic nitrogens is 2. The predicted molar refractivity (Wildman–Crippen MR) is 104 cm³/mol. The lowest BCUT2D eigenvalue weighted by atomic mass is 9.82. The summed E-state index contributed by atoms with van der Waals surface area (Å²) in [4.78, 5) is 22.8. The van der Waals surface area contributed by atoms with Gasteiger partial charge in [0.2, 0.25) is 5.91 Å². The van der Waals surface area contributed by atoms with Crippen LogP contribution in [0.1, 0.15) is 42.1 Å². The Morgan fingerprint density at radius 1 is 1.19 bits per heavy atom. The van der Waals surface area contributed by atoms with Crippen molar-refractivity contribution in [1.82, 2.24) is 14.9 Å². The Morgan fingerprint density at radius 3 is 2.88 bits per heavy atom. The van der Waals surface area contributed by atoms with Crippen LogP contribution in [0.4, 0.5) is 0 Å². The number of hydrogen-bond donors (Lipinski definition) is 1. The second-order valence-electron chi connectivity index (χ2n) is 7.21. The lowest BCUT2D eigenvalue weighted by Gasteiger charge is -2.28. The zero-order valence-electron chi connectivity index (χ0n) is 15.2. The van der Waals surface area contributed by atoms with Gasteiger partial charge in [0.15, 0.2) is 0 Å². The molecule has 26 heavy (non-hydrogen) atoms. The molecule has 2 aromatic carbocycles. The maximum Gasteiger partial charge on any atom is 0.229 e. The molecule has 4 heteroatoms. The normalized spacial score (nSPS) is 16.4. The van der Waals surface area contributed by atoms with Crippen molar-refractivity contribution in [3.63, 3.8) is 0 Å². The summed E-state index contributed by atoms with van der Waals surface area (Å²) in [5, 5.41) is 0. The van der Waals surface area contributed by atoms with Crippen LogP contribution >= 0.6 is 0 Å². The molecule has 0 fully saturated rings. The molecule has 0 radical (unpaired) electrons. The number of aryl methyl sites for hydroxylation is 2. The summed E-state index contributed by atoms with van der Waals surface area (Å²) in [7, 11) is 1.93. The molecule has 0 saturated heterocycles. The first-order valence-corrected chi connectivity index (χ1v) is 9.49. The Morgan fingerprint density at radius 2 is 2.00 bits per heavy atom. The van der Waals surface area contributed by atoms with E-state index in [0.29, 0.717) is 0 Å². The van der Waals surface area contributed by atoms with Gasteiger partial charge in [-0.1, -0.05) is 36.4 Å². The third-order valence-corrected chi connectivity index (χ3v) is 5.39. The minimum atomic E-state index is 0.0242. The van der Waals surface area contributed by atoms with E-state index in [4.69, 9.17) is 0 Å². The number of H-pyrrole nitrogens is 1. The van der Waals surface area contributed by atoms with Crippen LogP contribution in [0.15, 0.2) is 48.5 Å². The Bertz CT molecular complexity index is 881. The first-order chi connectivity index (χ1) is 12.7. The van der Waals surface area contributed by atoms with Gasteiger partial charge in [0.25, 0.3) is 0 Å². The number of rotatable bonds is 5. The van der Waals surface area contributed by atoms with Crippen LogP contribution in [-0.4, -0.2) is 34.4 Å². The molecule has 134 valence electrons. The first-order valence-electron chi connectivity index (χ1n) is 9.49. The number of para-hydroxylation sites is 2. The van der Waals surface area contributed by atoms with Gasteiger partial charge in [0.05, 0.1) is 17.0 Å². The maximum atomic E-state index is 12.9. The van der Waals surface area contributed by atoms with E-state index in [-0.39, 0.29) is 11.8 Å². The molecule has 0 spiro atoms. The average Bonchev–Trinajstić information content (AvgIpc) is 3.09. The van der Waals surface area contributed by atoms with Crippen LogP contribution in [-0.2, 0) is 17.6 Å². The van der Waals surface area contributed by atoms with E-state index >= 15 is 0 Å². The summed E-state index contributed by atoms with van der Waals surface area (Å²) in [6.07, 6.45) is 4.92. The smallest absolute Gasteiger partial charge is 0.229 e. The van der Waals surface area contributed by atoms with E-state index in [1.807, 2.05) is 42.3 Å². The molecule has 0 unspecified atom stereocenters. The van der Waals surface area contributed by atoms with Crippen LogP contribution in [0.25, 0.3) is 11.0 Å². The lowest BCUT2D eigenvalue weighted by molar-refractivity contribution is -0.131. The number of likely N-dealkylation sites (N-methyl/N-ethyl adjacent to an activating group) is 1. The largest absolute Gasteiger partial charge is 0.345 e. The fourth-order valence-corrected chi connectivity index (χ4v) is 3.99. The molecule has 3 aromatic rings. The Kier molecular flexibility index (Phi) is 4.74. The molecular formula is C22H25N3O. The van der Waals surface area contributed by atoms with Crippen molar-refractivity contribution in [3.8, 4) is 0 Å². The van der Waals surface area contributed by atoms with Crippen molar-refractivity contribution in [3.05, 3.63) is 65.5 Å². The number of amides is 1. The number of carbonyl (C=O) groups excluding carboxylic acids is 1.